The molecule has 154 valence electrons. The van der Waals surface area contributed by atoms with Gasteiger partial charge in [0.05, 0.1) is 11.0 Å². The molecule has 0 radical (unpaired) electrons. The zero-order chi connectivity index (χ0) is 21.5. The standard InChI is InChI=1S/C30H17NS2/c1-2-8-18(9-3-1)31-29-19(14-16-25-27(29)21-10-4-6-12-23(21)32-25)20-15-17-26-28(30(20)31)22-11-5-7-13-24(22)33-26/h1-17H. The van der Waals surface area contributed by atoms with Crippen LogP contribution in [0.5, 0.6) is 0 Å². The van der Waals surface area contributed by atoms with Crippen LogP contribution in [0.3, 0.4) is 0 Å². The second-order valence-corrected chi connectivity index (χ2v) is 10.7. The molecular weight excluding hydrogens is 438 g/mol. The van der Waals surface area contributed by atoms with Gasteiger partial charge in [-0.05, 0) is 36.4 Å². The van der Waals surface area contributed by atoms with Gasteiger partial charge in [0.25, 0.3) is 0 Å². The summed E-state index contributed by atoms with van der Waals surface area (Å²) < 4.78 is 7.89. The van der Waals surface area contributed by atoms with Crippen LogP contribution in [-0.4, -0.2) is 4.57 Å². The third-order valence-electron chi connectivity index (χ3n) is 6.78. The van der Waals surface area contributed by atoms with Crippen molar-refractivity contribution in [2.45, 2.75) is 0 Å². The van der Waals surface area contributed by atoms with Crippen molar-refractivity contribution in [3.05, 3.63) is 103 Å². The molecule has 3 aromatic heterocycles. The minimum Gasteiger partial charge on any atom is -0.308 e. The Balaban J connectivity index is 1.74. The fourth-order valence-corrected chi connectivity index (χ4v) is 7.66. The Morgan fingerprint density at radius 3 is 1.42 bits per heavy atom. The minimum absolute atomic E-state index is 1.21. The summed E-state index contributed by atoms with van der Waals surface area (Å²) in [4.78, 5) is 0. The topological polar surface area (TPSA) is 4.93 Å². The van der Waals surface area contributed by atoms with E-state index in [0.717, 1.165) is 0 Å². The highest BCUT2D eigenvalue weighted by atomic mass is 32.1. The van der Waals surface area contributed by atoms with E-state index in [0.29, 0.717) is 0 Å². The van der Waals surface area contributed by atoms with Gasteiger partial charge >= 0.3 is 0 Å². The van der Waals surface area contributed by atoms with Gasteiger partial charge in [-0.25, -0.2) is 0 Å². The third-order valence-corrected chi connectivity index (χ3v) is 9.06. The first-order chi connectivity index (χ1) is 16.4. The summed E-state index contributed by atoms with van der Waals surface area (Å²) in [7, 11) is 0. The Morgan fingerprint density at radius 1 is 0.394 bits per heavy atom. The van der Waals surface area contributed by atoms with Crippen molar-refractivity contribution in [1.29, 1.82) is 0 Å². The highest BCUT2D eigenvalue weighted by Gasteiger charge is 2.21. The maximum Gasteiger partial charge on any atom is 0.0634 e. The highest BCUT2D eigenvalue weighted by molar-refractivity contribution is 7.26. The van der Waals surface area contributed by atoms with Gasteiger partial charge in [0.1, 0.15) is 0 Å². The molecule has 5 aromatic carbocycles. The lowest BCUT2D eigenvalue weighted by molar-refractivity contribution is 1.19. The minimum atomic E-state index is 1.21. The lowest BCUT2D eigenvalue weighted by Crippen LogP contribution is -1.94. The first-order valence-corrected chi connectivity index (χ1v) is 12.8. The van der Waals surface area contributed by atoms with Crippen LogP contribution in [0.4, 0.5) is 0 Å². The number of benzene rings is 5. The Kier molecular flexibility index (Phi) is 3.48. The number of thiophene rings is 2. The van der Waals surface area contributed by atoms with Crippen molar-refractivity contribution in [2.24, 2.45) is 0 Å². The number of nitrogens with zero attached hydrogens (tertiary/aromatic N) is 1. The monoisotopic (exact) mass is 455 g/mol. The molecule has 0 aliphatic carbocycles. The quantitative estimate of drug-likeness (QED) is 0.232. The summed E-state index contributed by atoms with van der Waals surface area (Å²) in [5, 5.41) is 8.05. The molecule has 0 bridgehead atoms. The smallest absolute Gasteiger partial charge is 0.0634 e. The van der Waals surface area contributed by atoms with Crippen LogP contribution >= 0.6 is 22.7 Å². The Bertz CT molecular complexity index is 1890. The van der Waals surface area contributed by atoms with Crippen LogP contribution in [0.25, 0.3) is 67.8 Å². The number of hydrogen-bond donors (Lipinski definition) is 0. The Morgan fingerprint density at radius 2 is 0.879 bits per heavy atom. The predicted molar refractivity (Wildman–Crippen MR) is 147 cm³/mol. The molecule has 33 heavy (non-hydrogen) atoms. The van der Waals surface area contributed by atoms with E-state index < -0.39 is 0 Å². The summed E-state index contributed by atoms with van der Waals surface area (Å²) in [5.41, 5.74) is 3.84. The first-order valence-electron chi connectivity index (χ1n) is 11.1. The zero-order valence-corrected chi connectivity index (χ0v) is 19.2. The van der Waals surface area contributed by atoms with Crippen molar-refractivity contribution < 1.29 is 0 Å². The van der Waals surface area contributed by atoms with Crippen LogP contribution in [0.15, 0.2) is 103 Å². The van der Waals surface area contributed by atoms with Gasteiger partial charge in [0.2, 0.25) is 0 Å². The molecule has 1 nitrogen and oxygen atoms in total. The molecule has 3 heterocycles. The highest BCUT2D eigenvalue weighted by Crippen LogP contribution is 2.46. The molecule has 0 saturated carbocycles. The summed E-state index contributed by atoms with van der Waals surface area (Å²) in [6.07, 6.45) is 0. The summed E-state index contributed by atoms with van der Waals surface area (Å²) in [5.74, 6) is 0. The molecule has 0 N–H and O–H groups in total. The van der Waals surface area contributed by atoms with Gasteiger partial charge in [0.15, 0.2) is 0 Å². The Hall–Kier alpha value is -3.66. The maximum absolute atomic E-state index is 2.52. The molecule has 0 atom stereocenters. The van der Waals surface area contributed by atoms with E-state index in [1.54, 1.807) is 0 Å². The maximum atomic E-state index is 2.52. The summed E-state index contributed by atoms with van der Waals surface area (Å²) in [6.45, 7) is 0. The van der Waals surface area contributed by atoms with E-state index >= 15 is 0 Å². The average Bonchev–Trinajstić information content (AvgIpc) is 3.53. The van der Waals surface area contributed by atoms with Gasteiger partial charge in [-0.2, -0.15) is 0 Å². The molecular formula is C30H17NS2. The number of para-hydroxylation sites is 1. The fourth-order valence-electron chi connectivity index (χ4n) is 5.44. The van der Waals surface area contributed by atoms with Crippen molar-refractivity contribution >= 4 is 84.8 Å². The first kappa shape index (κ1) is 17.8. The van der Waals surface area contributed by atoms with E-state index in [4.69, 9.17) is 0 Å². The largest absolute Gasteiger partial charge is 0.308 e. The van der Waals surface area contributed by atoms with Crippen molar-refractivity contribution in [3.63, 3.8) is 0 Å². The lowest BCUT2D eigenvalue weighted by atomic mass is 10.1. The molecule has 0 spiro atoms. The van der Waals surface area contributed by atoms with Crippen molar-refractivity contribution in [1.82, 2.24) is 4.57 Å². The van der Waals surface area contributed by atoms with E-state index in [2.05, 4.69) is 108 Å². The average molecular weight is 456 g/mol. The lowest BCUT2D eigenvalue weighted by Gasteiger charge is -2.10. The van der Waals surface area contributed by atoms with Gasteiger partial charge in [-0.1, -0.05) is 66.7 Å². The molecule has 8 rings (SSSR count). The van der Waals surface area contributed by atoms with Gasteiger partial charge in [0, 0.05) is 56.8 Å². The van der Waals surface area contributed by atoms with Gasteiger partial charge in [-0.3, -0.25) is 0 Å². The third kappa shape index (κ3) is 2.31. The number of fused-ring (bicyclic) bond motifs is 11. The fraction of sp³-hybridized carbons (Fsp3) is 0. The Labute approximate surface area is 197 Å². The summed E-state index contributed by atoms with van der Waals surface area (Å²) in [6, 6.07) is 37.8. The van der Waals surface area contributed by atoms with Crippen molar-refractivity contribution in [2.75, 3.05) is 0 Å². The molecule has 0 fully saturated rings. The van der Waals surface area contributed by atoms with Crippen LogP contribution in [-0.2, 0) is 0 Å². The van der Waals surface area contributed by atoms with E-state index in [-0.39, 0.29) is 0 Å². The van der Waals surface area contributed by atoms with Gasteiger partial charge < -0.3 is 4.57 Å². The molecule has 0 unspecified atom stereocenters. The van der Waals surface area contributed by atoms with Gasteiger partial charge in [-0.15, -0.1) is 22.7 Å². The van der Waals surface area contributed by atoms with E-state index in [1.807, 2.05) is 22.7 Å². The molecule has 3 heteroatoms. The molecule has 8 aromatic rings. The van der Waals surface area contributed by atoms with Crippen LogP contribution < -0.4 is 0 Å². The second-order valence-electron chi connectivity index (χ2n) is 8.54. The van der Waals surface area contributed by atoms with Crippen molar-refractivity contribution in [3.8, 4) is 5.69 Å². The summed E-state index contributed by atoms with van der Waals surface area (Å²) >= 11 is 3.77. The molecule has 0 aliphatic heterocycles. The number of hydrogen-bond acceptors (Lipinski definition) is 2. The second kappa shape index (κ2) is 6.44. The zero-order valence-electron chi connectivity index (χ0n) is 17.6. The van der Waals surface area contributed by atoms with E-state index in [1.165, 1.54) is 67.8 Å². The van der Waals surface area contributed by atoms with Crippen LogP contribution in [0.1, 0.15) is 0 Å². The number of rotatable bonds is 1. The van der Waals surface area contributed by atoms with E-state index in [9.17, 15) is 0 Å². The van der Waals surface area contributed by atoms with Crippen LogP contribution in [0, 0.1) is 0 Å². The molecule has 0 aliphatic rings. The normalized spacial score (nSPS) is 12.2. The van der Waals surface area contributed by atoms with Crippen LogP contribution in [0.2, 0.25) is 0 Å². The SMILES string of the molecule is c1ccc(-n2c3c(ccc4sc5ccccc5c43)c3ccc4sc5ccccc5c4c32)cc1. The molecule has 0 saturated heterocycles. The number of aromatic nitrogens is 1. The molecule has 0 amide bonds. The predicted octanol–water partition coefficient (Wildman–Crippen LogP) is 9.52.